The molecule has 2 nitrogen and oxygen atoms in total. The average molecular weight is 204 g/mol. The fourth-order valence-electron chi connectivity index (χ4n) is 1.25. The zero-order valence-corrected chi connectivity index (χ0v) is 8.84. The Morgan fingerprint density at radius 2 is 2.14 bits per heavy atom. The van der Waals surface area contributed by atoms with E-state index in [1.165, 1.54) is 11.1 Å². The standard InChI is InChI=1S/C11H12N2S/c1-9-4-2-3-5-10(9)8-14-11-6-7-12-13-11/h2-7H,8H2,1H3,(H,12,13). The highest BCUT2D eigenvalue weighted by Crippen LogP contribution is 2.21. The number of hydrogen-bond donors (Lipinski definition) is 1. The average Bonchev–Trinajstić information content (AvgIpc) is 2.69. The van der Waals surface area contributed by atoms with Gasteiger partial charge in [-0.3, -0.25) is 5.10 Å². The van der Waals surface area contributed by atoms with Crippen LogP contribution in [-0.2, 0) is 5.75 Å². The van der Waals surface area contributed by atoms with Crippen molar-refractivity contribution < 1.29 is 0 Å². The molecule has 0 aliphatic rings. The first-order valence-corrected chi connectivity index (χ1v) is 5.51. The minimum Gasteiger partial charge on any atom is -0.272 e. The lowest BCUT2D eigenvalue weighted by Crippen LogP contribution is -1.85. The van der Waals surface area contributed by atoms with E-state index in [-0.39, 0.29) is 0 Å². The van der Waals surface area contributed by atoms with Crippen LogP contribution < -0.4 is 0 Å². The topological polar surface area (TPSA) is 28.7 Å². The summed E-state index contributed by atoms with van der Waals surface area (Å²) in [5.41, 5.74) is 2.73. The second-order valence-electron chi connectivity index (χ2n) is 3.14. The van der Waals surface area contributed by atoms with Gasteiger partial charge in [-0.2, -0.15) is 5.10 Å². The monoisotopic (exact) mass is 204 g/mol. The van der Waals surface area contributed by atoms with Crippen LogP contribution in [0.1, 0.15) is 11.1 Å². The van der Waals surface area contributed by atoms with E-state index in [0.29, 0.717) is 0 Å². The Bertz CT molecular complexity index is 395. The second kappa shape index (κ2) is 4.33. The number of benzene rings is 1. The Balaban J connectivity index is 2.02. The number of aromatic amines is 1. The molecule has 14 heavy (non-hydrogen) atoms. The molecule has 0 bridgehead atoms. The molecule has 0 unspecified atom stereocenters. The molecule has 1 aromatic heterocycles. The molecule has 3 heteroatoms. The first-order chi connectivity index (χ1) is 6.86. The van der Waals surface area contributed by atoms with E-state index in [1.807, 2.05) is 6.07 Å². The normalized spacial score (nSPS) is 10.4. The van der Waals surface area contributed by atoms with Crippen LogP contribution in [0.5, 0.6) is 0 Å². The lowest BCUT2D eigenvalue weighted by Gasteiger charge is -2.03. The number of aromatic nitrogens is 2. The summed E-state index contributed by atoms with van der Waals surface area (Å²) in [4.78, 5) is 0. The quantitative estimate of drug-likeness (QED) is 0.778. The van der Waals surface area contributed by atoms with Gasteiger partial charge in [0, 0.05) is 11.9 Å². The SMILES string of the molecule is Cc1ccccc1CSc1ccn[nH]1. The smallest absolute Gasteiger partial charge is 0.0910 e. The van der Waals surface area contributed by atoms with Crippen molar-refractivity contribution in [1.82, 2.24) is 10.2 Å². The maximum absolute atomic E-state index is 3.91. The molecule has 0 aliphatic heterocycles. The van der Waals surface area contributed by atoms with Gasteiger partial charge in [0.2, 0.25) is 0 Å². The lowest BCUT2D eigenvalue weighted by atomic mass is 10.1. The third kappa shape index (κ3) is 2.17. The molecule has 1 N–H and O–H groups in total. The Morgan fingerprint density at radius 1 is 1.29 bits per heavy atom. The molecule has 0 fully saturated rings. The van der Waals surface area contributed by atoms with Crippen LogP contribution in [0.4, 0.5) is 0 Å². The molecular formula is C11H12N2S. The van der Waals surface area contributed by atoms with Crippen molar-refractivity contribution in [3.05, 3.63) is 47.7 Å². The van der Waals surface area contributed by atoms with Crippen LogP contribution in [-0.4, -0.2) is 10.2 Å². The van der Waals surface area contributed by atoms with E-state index in [0.717, 1.165) is 10.8 Å². The van der Waals surface area contributed by atoms with Gasteiger partial charge >= 0.3 is 0 Å². The van der Waals surface area contributed by atoms with Gasteiger partial charge in [-0.1, -0.05) is 24.3 Å². The molecular weight excluding hydrogens is 192 g/mol. The minimum atomic E-state index is 0.995. The number of H-pyrrole nitrogens is 1. The predicted molar refractivity (Wildman–Crippen MR) is 59.3 cm³/mol. The lowest BCUT2D eigenvalue weighted by molar-refractivity contribution is 1.00. The molecule has 2 aromatic rings. The largest absolute Gasteiger partial charge is 0.272 e. The Labute approximate surface area is 87.7 Å². The molecule has 2 rings (SSSR count). The highest BCUT2D eigenvalue weighted by molar-refractivity contribution is 7.98. The Kier molecular flexibility index (Phi) is 2.89. The molecule has 0 saturated heterocycles. The van der Waals surface area contributed by atoms with E-state index in [2.05, 4.69) is 41.4 Å². The van der Waals surface area contributed by atoms with Gasteiger partial charge < -0.3 is 0 Å². The number of rotatable bonds is 3. The summed E-state index contributed by atoms with van der Waals surface area (Å²) >= 11 is 1.78. The van der Waals surface area contributed by atoms with Gasteiger partial charge in [-0.15, -0.1) is 11.8 Å². The molecule has 72 valence electrons. The van der Waals surface area contributed by atoms with Crippen molar-refractivity contribution >= 4 is 11.8 Å². The van der Waals surface area contributed by atoms with Gasteiger partial charge in [-0.05, 0) is 24.1 Å². The zero-order chi connectivity index (χ0) is 9.80. The van der Waals surface area contributed by atoms with Crippen molar-refractivity contribution in [3.63, 3.8) is 0 Å². The summed E-state index contributed by atoms with van der Waals surface area (Å²) in [6.07, 6.45) is 1.78. The number of hydrogen-bond acceptors (Lipinski definition) is 2. The molecule has 0 spiro atoms. The highest BCUT2D eigenvalue weighted by atomic mass is 32.2. The maximum atomic E-state index is 3.91. The van der Waals surface area contributed by atoms with Crippen molar-refractivity contribution in [2.24, 2.45) is 0 Å². The van der Waals surface area contributed by atoms with E-state index in [1.54, 1.807) is 18.0 Å². The number of aryl methyl sites for hydroxylation is 1. The number of nitrogens with one attached hydrogen (secondary N) is 1. The van der Waals surface area contributed by atoms with E-state index in [9.17, 15) is 0 Å². The number of nitrogens with zero attached hydrogens (tertiary/aromatic N) is 1. The molecule has 0 aliphatic carbocycles. The Hall–Kier alpha value is -1.22. The molecule has 1 aromatic carbocycles. The minimum absolute atomic E-state index is 0.995. The fourth-order valence-corrected chi connectivity index (χ4v) is 2.16. The molecule has 1 heterocycles. The van der Waals surface area contributed by atoms with Gasteiger partial charge in [0.15, 0.2) is 0 Å². The second-order valence-corrected chi connectivity index (χ2v) is 4.15. The van der Waals surface area contributed by atoms with Gasteiger partial charge in [-0.25, -0.2) is 0 Å². The summed E-state index contributed by atoms with van der Waals surface area (Å²) in [5, 5.41) is 7.97. The van der Waals surface area contributed by atoms with Crippen molar-refractivity contribution in [2.75, 3.05) is 0 Å². The van der Waals surface area contributed by atoms with Crippen molar-refractivity contribution in [1.29, 1.82) is 0 Å². The fraction of sp³-hybridized carbons (Fsp3) is 0.182. The molecule has 0 amide bonds. The van der Waals surface area contributed by atoms with Crippen LogP contribution in [0.25, 0.3) is 0 Å². The van der Waals surface area contributed by atoms with Crippen LogP contribution in [0.3, 0.4) is 0 Å². The van der Waals surface area contributed by atoms with Crippen molar-refractivity contribution in [3.8, 4) is 0 Å². The van der Waals surface area contributed by atoms with Crippen LogP contribution >= 0.6 is 11.8 Å². The van der Waals surface area contributed by atoms with Crippen LogP contribution in [0.15, 0.2) is 41.6 Å². The summed E-state index contributed by atoms with van der Waals surface area (Å²) in [6, 6.07) is 10.4. The third-order valence-corrected chi connectivity index (χ3v) is 3.11. The Morgan fingerprint density at radius 3 is 2.86 bits per heavy atom. The summed E-state index contributed by atoms with van der Waals surface area (Å²) in [7, 11) is 0. The first-order valence-electron chi connectivity index (χ1n) is 4.53. The maximum Gasteiger partial charge on any atom is 0.0910 e. The van der Waals surface area contributed by atoms with E-state index >= 15 is 0 Å². The van der Waals surface area contributed by atoms with Gasteiger partial charge in [0.1, 0.15) is 0 Å². The summed E-state index contributed by atoms with van der Waals surface area (Å²) in [5.74, 6) is 0.995. The van der Waals surface area contributed by atoms with Gasteiger partial charge in [0.05, 0.1) is 5.03 Å². The summed E-state index contributed by atoms with van der Waals surface area (Å²) < 4.78 is 0. The third-order valence-electron chi connectivity index (χ3n) is 2.12. The zero-order valence-electron chi connectivity index (χ0n) is 8.03. The highest BCUT2D eigenvalue weighted by Gasteiger charge is 1.99. The van der Waals surface area contributed by atoms with Crippen LogP contribution in [0.2, 0.25) is 0 Å². The van der Waals surface area contributed by atoms with E-state index in [4.69, 9.17) is 0 Å². The molecule has 0 radical (unpaired) electrons. The van der Waals surface area contributed by atoms with E-state index < -0.39 is 0 Å². The van der Waals surface area contributed by atoms with Crippen molar-refractivity contribution in [2.45, 2.75) is 17.7 Å². The molecule has 0 saturated carbocycles. The summed E-state index contributed by atoms with van der Waals surface area (Å²) in [6.45, 7) is 2.14. The number of thioether (sulfide) groups is 1. The van der Waals surface area contributed by atoms with Gasteiger partial charge in [0.25, 0.3) is 0 Å². The first kappa shape index (κ1) is 9.34. The molecule has 0 atom stereocenters. The predicted octanol–water partition coefficient (Wildman–Crippen LogP) is 3.01. The van der Waals surface area contributed by atoms with Crippen LogP contribution in [0, 0.1) is 6.92 Å².